The van der Waals surface area contributed by atoms with E-state index in [-0.39, 0.29) is 17.5 Å². The van der Waals surface area contributed by atoms with E-state index in [0.29, 0.717) is 27.8 Å². The highest BCUT2D eigenvalue weighted by Crippen LogP contribution is 2.27. The number of amides is 1. The zero-order valence-corrected chi connectivity index (χ0v) is 16.5. The molecule has 0 aliphatic rings. The van der Waals surface area contributed by atoms with Crippen molar-refractivity contribution in [3.63, 3.8) is 0 Å². The van der Waals surface area contributed by atoms with Crippen LogP contribution in [0.15, 0.2) is 53.7 Å². The molecule has 1 amide bonds. The number of benzene rings is 2. The van der Waals surface area contributed by atoms with E-state index in [1.165, 1.54) is 24.8 Å². The number of anilines is 1. The standard InChI is InChI=1S/C20H19FN4O2S/c1-12(26)14-8-5-7-11-17(14)22-19(27)13(2)28-20-24-23-18(25(20)3)15-9-4-6-10-16(15)21/h4-11,13H,1-3H3,(H,22,27). The number of halogens is 1. The Morgan fingerprint density at radius 3 is 2.50 bits per heavy atom. The van der Waals surface area contributed by atoms with Crippen LogP contribution in [-0.2, 0) is 11.8 Å². The van der Waals surface area contributed by atoms with Gasteiger partial charge in [0.25, 0.3) is 0 Å². The summed E-state index contributed by atoms with van der Waals surface area (Å²) in [6, 6.07) is 13.2. The molecule has 2 aromatic carbocycles. The number of aromatic nitrogens is 3. The van der Waals surface area contributed by atoms with E-state index in [4.69, 9.17) is 0 Å². The number of carbonyl (C=O) groups excluding carboxylic acids is 2. The number of carbonyl (C=O) groups is 2. The van der Waals surface area contributed by atoms with E-state index in [1.807, 2.05) is 0 Å². The third-order valence-electron chi connectivity index (χ3n) is 4.17. The van der Waals surface area contributed by atoms with Crippen LogP contribution in [0.25, 0.3) is 11.4 Å². The molecule has 1 atom stereocenters. The molecule has 0 bridgehead atoms. The fourth-order valence-electron chi connectivity index (χ4n) is 2.64. The van der Waals surface area contributed by atoms with Crippen molar-refractivity contribution in [2.45, 2.75) is 24.3 Å². The first kappa shape index (κ1) is 19.8. The van der Waals surface area contributed by atoms with E-state index in [9.17, 15) is 14.0 Å². The molecule has 1 unspecified atom stereocenters. The highest BCUT2D eigenvalue weighted by Gasteiger charge is 2.21. The number of para-hydroxylation sites is 1. The van der Waals surface area contributed by atoms with Gasteiger partial charge >= 0.3 is 0 Å². The average molecular weight is 398 g/mol. The molecule has 28 heavy (non-hydrogen) atoms. The number of rotatable bonds is 6. The van der Waals surface area contributed by atoms with Gasteiger partial charge in [-0.3, -0.25) is 9.59 Å². The molecular formula is C20H19FN4O2S. The molecule has 3 rings (SSSR count). The second-order valence-corrected chi connectivity index (χ2v) is 7.50. The minimum absolute atomic E-state index is 0.126. The summed E-state index contributed by atoms with van der Waals surface area (Å²) in [5.74, 6) is -0.399. The van der Waals surface area contributed by atoms with E-state index in [2.05, 4.69) is 15.5 Å². The van der Waals surface area contributed by atoms with Crippen LogP contribution in [0.4, 0.5) is 10.1 Å². The first-order chi connectivity index (χ1) is 13.4. The largest absolute Gasteiger partial charge is 0.324 e. The van der Waals surface area contributed by atoms with Crippen LogP contribution in [0.1, 0.15) is 24.2 Å². The van der Waals surface area contributed by atoms with Crippen LogP contribution in [0, 0.1) is 5.82 Å². The van der Waals surface area contributed by atoms with Crippen molar-refractivity contribution in [3.8, 4) is 11.4 Å². The van der Waals surface area contributed by atoms with Crippen LogP contribution >= 0.6 is 11.8 Å². The van der Waals surface area contributed by atoms with Gasteiger partial charge in [-0.05, 0) is 38.1 Å². The van der Waals surface area contributed by atoms with Gasteiger partial charge in [0.15, 0.2) is 16.8 Å². The zero-order valence-electron chi connectivity index (χ0n) is 15.6. The number of nitrogens with zero attached hydrogens (tertiary/aromatic N) is 3. The SMILES string of the molecule is CC(=O)c1ccccc1NC(=O)C(C)Sc1nnc(-c2ccccc2F)n1C. The first-order valence-corrected chi connectivity index (χ1v) is 9.48. The molecule has 8 heteroatoms. The van der Waals surface area contributed by atoms with E-state index in [0.717, 1.165) is 0 Å². The molecule has 1 heterocycles. The highest BCUT2D eigenvalue weighted by atomic mass is 32.2. The molecule has 1 N–H and O–H groups in total. The minimum atomic E-state index is -0.503. The third kappa shape index (κ3) is 4.12. The Morgan fingerprint density at radius 2 is 1.79 bits per heavy atom. The highest BCUT2D eigenvalue weighted by molar-refractivity contribution is 8.00. The molecule has 0 aliphatic carbocycles. The van der Waals surface area contributed by atoms with Crippen LogP contribution < -0.4 is 5.32 Å². The van der Waals surface area contributed by atoms with Crippen LogP contribution in [-0.4, -0.2) is 31.7 Å². The topological polar surface area (TPSA) is 76.9 Å². The van der Waals surface area contributed by atoms with Crippen LogP contribution in [0.5, 0.6) is 0 Å². The summed E-state index contributed by atoms with van der Waals surface area (Å²) in [5, 5.41) is 10.9. The number of Topliss-reactive ketones (excluding diaryl/α,β-unsaturated/α-hetero) is 1. The van der Waals surface area contributed by atoms with Crippen molar-refractivity contribution in [2.24, 2.45) is 7.05 Å². The Balaban J connectivity index is 1.75. The number of thioether (sulfide) groups is 1. The first-order valence-electron chi connectivity index (χ1n) is 8.60. The molecule has 3 aromatic rings. The number of nitrogens with one attached hydrogen (secondary N) is 1. The van der Waals surface area contributed by atoms with Crippen molar-refractivity contribution in [3.05, 3.63) is 59.9 Å². The third-order valence-corrected chi connectivity index (χ3v) is 5.30. The second-order valence-electron chi connectivity index (χ2n) is 6.20. The number of hydrogen-bond acceptors (Lipinski definition) is 5. The normalized spacial score (nSPS) is 11.9. The van der Waals surface area contributed by atoms with Gasteiger partial charge in [-0.1, -0.05) is 36.0 Å². The van der Waals surface area contributed by atoms with Crippen molar-refractivity contribution in [1.82, 2.24) is 14.8 Å². The molecule has 1 aromatic heterocycles. The van der Waals surface area contributed by atoms with Gasteiger partial charge in [0, 0.05) is 12.6 Å². The molecule has 0 fully saturated rings. The van der Waals surface area contributed by atoms with Crippen molar-refractivity contribution >= 4 is 29.1 Å². The summed E-state index contributed by atoms with van der Waals surface area (Å²) in [5.41, 5.74) is 1.27. The summed E-state index contributed by atoms with van der Waals surface area (Å²) in [6.07, 6.45) is 0. The summed E-state index contributed by atoms with van der Waals surface area (Å²) in [6.45, 7) is 3.18. The maximum absolute atomic E-state index is 14.0. The number of ketones is 1. The summed E-state index contributed by atoms with van der Waals surface area (Å²) in [4.78, 5) is 24.3. The Morgan fingerprint density at radius 1 is 1.11 bits per heavy atom. The lowest BCUT2D eigenvalue weighted by molar-refractivity contribution is -0.115. The van der Waals surface area contributed by atoms with Gasteiger partial charge in [0.05, 0.1) is 16.5 Å². The lowest BCUT2D eigenvalue weighted by Crippen LogP contribution is -2.23. The van der Waals surface area contributed by atoms with Crippen molar-refractivity contribution < 1.29 is 14.0 Å². The van der Waals surface area contributed by atoms with Gasteiger partial charge in [0.2, 0.25) is 5.91 Å². The fourth-order valence-corrected chi connectivity index (χ4v) is 3.45. The molecular weight excluding hydrogens is 379 g/mol. The summed E-state index contributed by atoms with van der Waals surface area (Å²) >= 11 is 1.20. The minimum Gasteiger partial charge on any atom is -0.324 e. The predicted octanol–water partition coefficient (Wildman–Crippen LogP) is 3.94. The Labute approximate surface area is 166 Å². The molecule has 0 aliphatic heterocycles. The maximum Gasteiger partial charge on any atom is 0.237 e. The smallest absolute Gasteiger partial charge is 0.237 e. The van der Waals surface area contributed by atoms with Crippen molar-refractivity contribution in [2.75, 3.05) is 5.32 Å². The molecule has 6 nitrogen and oxygen atoms in total. The Bertz CT molecular complexity index is 1030. The Hall–Kier alpha value is -3.00. The monoisotopic (exact) mass is 398 g/mol. The van der Waals surface area contributed by atoms with Gasteiger partial charge in [-0.2, -0.15) is 0 Å². The lowest BCUT2D eigenvalue weighted by Gasteiger charge is -2.13. The maximum atomic E-state index is 14.0. The molecule has 0 radical (unpaired) electrons. The predicted molar refractivity (Wildman–Crippen MR) is 107 cm³/mol. The van der Waals surface area contributed by atoms with E-state index in [1.54, 1.807) is 61.0 Å². The quantitative estimate of drug-likeness (QED) is 0.503. The second kappa shape index (κ2) is 8.35. The molecule has 0 saturated carbocycles. The Kier molecular flexibility index (Phi) is 5.89. The van der Waals surface area contributed by atoms with Crippen LogP contribution in [0.3, 0.4) is 0 Å². The van der Waals surface area contributed by atoms with Gasteiger partial charge in [0.1, 0.15) is 5.82 Å². The zero-order chi connectivity index (χ0) is 20.3. The summed E-state index contributed by atoms with van der Waals surface area (Å²) < 4.78 is 15.7. The van der Waals surface area contributed by atoms with Gasteiger partial charge in [-0.15, -0.1) is 10.2 Å². The number of hydrogen-bond donors (Lipinski definition) is 1. The van der Waals surface area contributed by atoms with E-state index < -0.39 is 5.25 Å². The van der Waals surface area contributed by atoms with Gasteiger partial charge < -0.3 is 9.88 Å². The molecule has 0 spiro atoms. The average Bonchev–Trinajstić information content (AvgIpc) is 3.02. The lowest BCUT2D eigenvalue weighted by atomic mass is 10.1. The van der Waals surface area contributed by atoms with Crippen LogP contribution in [0.2, 0.25) is 0 Å². The fraction of sp³-hybridized carbons (Fsp3) is 0.200. The molecule has 144 valence electrons. The van der Waals surface area contributed by atoms with Crippen molar-refractivity contribution in [1.29, 1.82) is 0 Å². The molecule has 0 saturated heterocycles. The van der Waals surface area contributed by atoms with E-state index >= 15 is 0 Å². The van der Waals surface area contributed by atoms with Gasteiger partial charge in [-0.25, -0.2) is 4.39 Å². The summed E-state index contributed by atoms with van der Waals surface area (Å²) in [7, 11) is 1.72.